The van der Waals surface area contributed by atoms with Crippen LogP contribution in [-0.2, 0) is 13.1 Å². The molecule has 0 aliphatic carbocycles. The quantitative estimate of drug-likeness (QED) is 0.526. The zero-order valence-corrected chi connectivity index (χ0v) is 19.7. The summed E-state index contributed by atoms with van der Waals surface area (Å²) >= 11 is 0. The Morgan fingerprint density at radius 1 is 0.909 bits per heavy atom. The van der Waals surface area contributed by atoms with Crippen LogP contribution in [0.3, 0.4) is 0 Å². The second kappa shape index (κ2) is 10.9. The topological polar surface area (TPSA) is 59.8 Å². The van der Waals surface area contributed by atoms with Crippen molar-refractivity contribution in [1.29, 1.82) is 0 Å². The normalized spacial score (nSPS) is 19.2. The standard InChI is InChI=1S/C27H35N3O3/c1-22-4-8-26(9-5-22)33-21-27(31)13-3-15-29(17-14-27)20-24-6-10-25(11-7-24)32-19-18-30-16-12-23(2)28-30/h4-12,16,31H,3,13-15,17-21H2,1-2H3. The van der Waals surface area contributed by atoms with Gasteiger partial charge >= 0.3 is 0 Å². The van der Waals surface area contributed by atoms with Crippen LogP contribution in [0.2, 0.25) is 0 Å². The molecule has 1 aliphatic rings. The number of likely N-dealkylation sites (tertiary alicyclic amines) is 1. The van der Waals surface area contributed by atoms with Gasteiger partial charge < -0.3 is 14.6 Å². The molecule has 1 aromatic heterocycles. The van der Waals surface area contributed by atoms with Gasteiger partial charge in [0.25, 0.3) is 0 Å². The van der Waals surface area contributed by atoms with E-state index in [1.54, 1.807) is 0 Å². The van der Waals surface area contributed by atoms with Crippen molar-refractivity contribution in [3.05, 3.63) is 77.6 Å². The monoisotopic (exact) mass is 449 g/mol. The summed E-state index contributed by atoms with van der Waals surface area (Å²) < 4.78 is 13.7. The predicted octanol–water partition coefficient (Wildman–Crippen LogP) is 4.37. The molecule has 1 atom stereocenters. The third-order valence-corrected chi connectivity index (χ3v) is 6.23. The van der Waals surface area contributed by atoms with Gasteiger partial charge in [-0.25, -0.2) is 0 Å². The summed E-state index contributed by atoms with van der Waals surface area (Å²) in [5.41, 5.74) is 2.70. The van der Waals surface area contributed by atoms with E-state index in [2.05, 4.69) is 29.1 Å². The number of ether oxygens (including phenoxy) is 2. The molecule has 1 aliphatic heterocycles. The zero-order valence-electron chi connectivity index (χ0n) is 19.7. The molecule has 1 saturated heterocycles. The van der Waals surface area contributed by atoms with E-state index in [9.17, 15) is 5.11 Å². The molecule has 1 fully saturated rings. The molecule has 6 nitrogen and oxygen atoms in total. The van der Waals surface area contributed by atoms with Gasteiger partial charge in [0.1, 0.15) is 24.7 Å². The van der Waals surface area contributed by atoms with Crippen molar-refractivity contribution in [3.8, 4) is 11.5 Å². The number of benzene rings is 2. The van der Waals surface area contributed by atoms with E-state index in [1.807, 2.05) is 60.3 Å². The molecule has 4 rings (SSSR count). The molecule has 1 unspecified atom stereocenters. The Labute approximate surface area is 196 Å². The van der Waals surface area contributed by atoms with Crippen LogP contribution in [0.1, 0.15) is 36.1 Å². The van der Waals surface area contributed by atoms with Crippen molar-refractivity contribution in [2.24, 2.45) is 0 Å². The molecule has 6 heteroatoms. The van der Waals surface area contributed by atoms with Crippen LogP contribution in [0.5, 0.6) is 11.5 Å². The third-order valence-electron chi connectivity index (χ3n) is 6.23. The largest absolute Gasteiger partial charge is 0.492 e. The summed E-state index contributed by atoms with van der Waals surface area (Å²) in [6.07, 6.45) is 4.41. The second-order valence-electron chi connectivity index (χ2n) is 9.17. The number of hydrogen-bond acceptors (Lipinski definition) is 5. The highest BCUT2D eigenvalue weighted by atomic mass is 16.5. The first-order valence-corrected chi connectivity index (χ1v) is 11.8. The minimum atomic E-state index is -0.773. The summed E-state index contributed by atoms with van der Waals surface area (Å²) in [6, 6.07) is 18.3. The molecule has 0 saturated carbocycles. The highest BCUT2D eigenvalue weighted by molar-refractivity contribution is 5.27. The Morgan fingerprint density at radius 3 is 2.36 bits per heavy atom. The third kappa shape index (κ3) is 7.07. The van der Waals surface area contributed by atoms with Gasteiger partial charge in [0.2, 0.25) is 0 Å². The van der Waals surface area contributed by atoms with E-state index in [1.165, 1.54) is 11.1 Å². The van der Waals surface area contributed by atoms with Gasteiger partial charge in [-0.1, -0.05) is 29.8 Å². The van der Waals surface area contributed by atoms with Gasteiger partial charge in [0.15, 0.2) is 0 Å². The summed E-state index contributed by atoms with van der Waals surface area (Å²) in [4.78, 5) is 2.42. The SMILES string of the molecule is Cc1ccc(OCC2(O)CCCN(Cc3ccc(OCCn4ccc(C)n4)cc3)CC2)cc1. The molecule has 1 N–H and O–H groups in total. The fraction of sp³-hybridized carbons (Fsp3) is 0.444. The van der Waals surface area contributed by atoms with Crippen molar-refractivity contribution in [2.45, 2.75) is 51.8 Å². The molecule has 2 aromatic carbocycles. The number of aryl methyl sites for hydroxylation is 2. The molecule has 0 amide bonds. The van der Waals surface area contributed by atoms with Crippen LogP contribution in [-0.4, -0.2) is 51.7 Å². The van der Waals surface area contributed by atoms with Crippen LogP contribution < -0.4 is 9.47 Å². The average Bonchev–Trinajstić information content (AvgIpc) is 3.14. The van der Waals surface area contributed by atoms with Crippen molar-refractivity contribution >= 4 is 0 Å². The van der Waals surface area contributed by atoms with Gasteiger partial charge in [-0.05, 0) is 75.5 Å². The molecular formula is C27H35N3O3. The Bertz CT molecular complexity index is 1000. The van der Waals surface area contributed by atoms with Gasteiger partial charge in [0, 0.05) is 19.3 Å². The number of aromatic nitrogens is 2. The molecule has 33 heavy (non-hydrogen) atoms. The lowest BCUT2D eigenvalue weighted by atomic mass is 9.96. The van der Waals surface area contributed by atoms with Gasteiger partial charge in [-0.3, -0.25) is 9.58 Å². The van der Waals surface area contributed by atoms with Crippen LogP contribution in [0.4, 0.5) is 0 Å². The maximum Gasteiger partial charge on any atom is 0.119 e. The fourth-order valence-corrected chi connectivity index (χ4v) is 4.18. The van der Waals surface area contributed by atoms with Gasteiger partial charge in [0.05, 0.1) is 17.8 Å². The molecule has 3 aromatic rings. The maximum atomic E-state index is 11.1. The summed E-state index contributed by atoms with van der Waals surface area (Å²) in [5, 5.41) is 15.5. The second-order valence-corrected chi connectivity index (χ2v) is 9.17. The number of nitrogens with zero attached hydrogens (tertiary/aromatic N) is 3. The van der Waals surface area contributed by atoms with Crippen molar-refractivity contribution in [1.82, 2.24) is 14.7 Å². The number of hydrogen-bond donors (Lipinski definition) is 1. The van der Waals surface area contributed by atoms with Crippen molar-refractivity contribution in [3.63, 3.8) is 0 Å². The lowest BCUT2D eigenvalue weighted by Crippen LogP contribution is -2.37. The Morgan fingerprint density at radius 2 is 1.64 bits per heavy atom. The summed E-state index contributed by atoms with van der Waals surface area (Å²) in [7, 11) is 0. The van der Waals surface area contributed by atoms with Gasteiger partial charge in [-0.15, -0.1) is 0 Å². The summed E-state index contributed by atoms with van der Waals surface area (Å²) in [5.74, 6) is 1.69. The molecule has 0 bridgehead atoms. The Balaban J connectivity index is 1.21. The van der Waals surface area contributed by atoms with E-state index < -0.39 is 5.60 Å². The molecule has 0 spiro atoms. The van der Waals surface area contributed by atoms with Gasteiger partial charge in [-0.2, -0.15) is 5.10 Å². The smallest absolute Gasteiger partial charge is 0.119 e. The average molecular weight is 450 g/mol. The maximum absolute atomic E-state index is 11.1. The first-order chi connectivity index (χ1) is 16.0. The molecule has 0 radical (unpaired) electrons. The Hall–Kier alpha value is -2.83. The fourth-order valence-electron chi connectivity index (χ4n) is 4.18. The van der Waals surface area contributed by atoms with Crippen LogP contribution in [0, 0.1) is 13.8 Å². The van der Waals surface area contributed by atoms with E-state index in [0.29, 0.717) is 19.6 Å². The predicted molar refractivity (Wildman–Crippen MR) is 130 cm³/mol. The highest BCUT2D eigenvalue weighted by Crippen LogP contribution is 2.25. The molecule has 2 heterocycles. The van der Waals surface area contributed by atoms with Crippen LogP contribution >= 0.6 is 0 Å². The number of aliphatic hydroxyl groups is 1. The molecule has 176 valence electrons. The first-order valence-electron chi connectivity index (χ1n) is 11.8. The minimum absolute atomic E-state index is 0.341. The first kappa shape index (κ1) is 23.3. The van der Waals surface area contributed by atoms with E-state index in [0.717, 1.165) is 56.2 Å². The van der Waals surface area contributed by atoms with Crippen molar-refractivity contribution in [2.75, 3.05) is 26.3 Å². The van der Waals surface area contributed by atoms with E-state index >= 15 is 0 Å². The van der Waals surface area contributed by atoms with Crippen LogP contribution in [0.25, 0.3) is 0 Å². The van der Waals surface area contributed by atoms with Crippen molar-refractivity contribution < 1.29 is 14.6 Å². The highest BCUT2D eigenvalue weighted by Gasteiger charge is 2.31. The summed E-state index contributed by atoms with van der Waals surface area (Å²) in [6.45, 7) is 8.43. The Kier molecular flexibility index (Phi) is 7.68. The van der Waals surface area contributed by atoms with Crippen LogP contribution in [0.15, 0.2) is 60.8 Å². The minimum Gasteiger partial charge on any atom is -0.492 e. The van der Waals surface area contributed by atoms with E-state index in [-0.39, 0.29) is 0 Å². The van der Waals surface area contributed by atoms with E-state index in [4.69, 9.17) is 9.47 Å². The lowest BCUT2D eigenvalue weighted by Gasteiger charge is -2.27. The number of rotatable bonds is 9. The zero-order chi connectivity index (χ0) is 23.1. The lowest BCUT2D eigenvalue weighted by molar-refractivity contribution is -0.0168. The molecular weight excluding hydrogens is 414 g/mol.